The zero-order valence-corrected chi connectivity index (χ0v) is 14.1. The second kappa shape index (κ2) is 7.21. The van der Waals surface area contributed by atoms with Gasteiger partial charge in [0, 0.05) is 36.6 Å². The number of aromatic nitrogens is 1. The van der Waals surface area contributed by atoms with E-state index in [9.17, 15) is 4.79 Å². The van der Waals surface area contributed by atoms with E-state index in [1.165, 1.54) is 0 Å². The number of rotatable bonds is 5. The minimum Gasteiger partial charge on any atom is -0.355 e. The molecule has 1 fully saturated rings. The first kappa shape index (κ1) is 16.1. The van der Waals surface area contributed by atoms with E-state index in [0.717, 1.165) is 22.8 Å². The van der Waals surface area contributed by atoms with Crippen LogP contribution in [0.1, 0.15) is 19.0 Å². The summed E-state index contributed by atoms with van der Waals surface area (Å²) in [7, 11) is 0. The lowest BCUT2D eigenvalue weighted by Crippen LogP contribution is -2.42. The number of nitrogens with zero attached hydrogens (tertiary/aromatic N) is 2. The van der Waals surface area contributed by atoms with E-state index in [1.807, 2.05) is 25.1 Å². The average molecular weight is 330 g/mol. The van der Waals surface area contributed by atoms with Crippen LogP contribution >= 0.6 is 11.3 Å². The number of carbonyl (C=O) groups is 1. The second-order valence-electron chi connectivity index (χ2n) is 5.85. The minimum absolute atomic E-state index is 0.0508. The molecule has 0 spiro atoms. The molecule has 1 aromatic carbocycles. The lowest BCUT2D eigenvalue weighted by atomic mass is 10.1. The van der Waals surface area contributed by atoms with Crippen LogP contribution < -0.4 is 11.1 Å². The molecule has 2 heterocycles. The van der Waals surface area contributed by atoms with Crippen LogP contribution in [-0.2, 0) is 11.3 Å². The highest BCUT2D eigenvalue weighted by Crippen LogP contribution is 2.26. The molecule has 2 aromatic rings. The summed E-state index contributed by atoms with van der Waals surface area (Å²) in [4.78, 5) is 19.0. The van der Waals surface area contributed by atoms with Crippen LogP contribution in [0.2, 0.25) is 0 Å². The van der Waals surface area contributed by atoms with Gasteiger partial charge < -0.3 is 11.1 Å². The molecule has 1 aromatic heterocycles. The van der Waals surface area contributed by atoms with Gasteiger partial charge in [-0.1, -0.05) is 30.3 Å². The number of nitrogens with two attached hydrogens (primary N) is 1. The molecule has 6 heteroatoms. The van der Waals surface area contributed by atoms with Crippen molar-refractivity contribution in [2.24, 2.45) is 5.73 Å². The lowest BCUT2D eigenvalue weighted by Gasteiger charge is -2.22. The summed E-state index contributed by atoms with van der Waals surface area (Å²) in [6, 6.07) is 10.1. The third-order valence-electron chi connectivity index (χ3n) is 4.03. The van der Waals surface area contributed by atoms with Crippen LogP contribution in [0.15, 0.2) is 35.7 Å². The smallest absolute Gasteiger partial charge is 0.237 e. The van der Waals surface area contributed by atoms with E-state index in [-0.39, 0.29) is 18.0 Å². The number of thiazole rings is 1. The van der Waals surface area contributed by atoms with Crippen molar-refractivity contribution >= 4 is 17.2 Å². The fourth-order valence-electron chi connectivity index (χ4n) is 2.98. The zero-order valence-electron chi connectivity index (χ0n) is 13.2. The van der Waals surface area contributed by atoms with Gasteiger partial charge in [0.1, 0.15) is 5.01 Å². The Morgan fingerprint density at radius 3 is 2.96 bits per heavy atom. The summed E-state index contributed by atoms with van der Waals surface area (Å²) < 4.78 is 0. The third kappa shape index (κ3) is 3.77. The maximum atomic E-state index is 12.2. The van der Waals surface area contributed by atoms with Crippen LogP contribution in [0.5, 0.6) is 0 Å². The molecule has 1 amide bonds. The zero-order chi connectivity index (χ0) is 16.2. The number of nitrogens with one attached hydrogen (secondary N) is 1. The first-order valence-electron chi connectivity index (χ1n) is 7.94. The quantitative estimate of drug-likeness (QED) is 0.878. The Morgan fingerprint density at radius 1 is 1.43 bits per heavy atom. The van der Waals surface area contributed by atoms with Crippen molar-refractivity contribution in [3.63, 3.8) is 0 Å². The fourth-order valence-corrected chi connectivity index (χ4v) is 3.80. The normalized spacial score (nSPS) is 21.5. The molecular weight excluding hydrogens is 308 g/mol. The molecule has 3 rings (SSSR count). The van der Waals surface area contributed by atoms with Crippen molar-refractivity contribution in [3.8, 4) is 10.6 Å². The Kier molecular flexibility index (Phi) is 5.05. The van der Waals surface area contributed by atoms with Crippen molar-refractivity contribution in [1.82, 2.24) is 15.2 Å². The van der Waals surface area contributed by atoms with Crippen LogP contribution in [0, 0.1) is 0 Å². The van der Waals surface area contributed by atoms with Gasteiger partial charge in [-0.25, -0.2) is 4.98 Å². The molecule has 0 aliphatic carbocycles. The molecule has 1 aliphatic rings. The minimum atomic E-state index is -0.146. The number of hydrogen-bond donors (Lipinski definition) is 2. The molecule has 5 nitrogen and oxygen atoms in total. The Bertz CT molecular complexity index is 658. The highest BCUT2D eigenvalue weighted by molar-refractivity contribution is 7.13. The second-order valence-corrected chi connectivity index (χ2v) is 6.70. The van der Waals surface area contributed by atoms with E-state index in [0.29, 0.717) is 19.5 Å². The number of likely N-dealkylation sites (tertiary alicyclic amines) is 1. The fraction of sp³-hybridized carbons (Fsp3) is 0.412. The van der Waals surface area contributed by atoms with E-state index in [1.54, 1.807) is 11.3 Å². The molecule has 0 bridgehead atoms. The summed E-state index contributed by atoms with van der Waals surface area (Å²) in [5.41, 5.74) is 8.18. The Morgan fingerprint density at radius 2 is 2.22 bits per heavy atom. The maximum Gasteiger partial charge on any atom is 0.237 e. The SMILES string of the molecule is CCNC(=O)[C@@H]1C[C@H](N)CN1Cc1csc(-c2ccccc2)n1. The summed E-state index contributed by atoms with van der Waals surface area (Å²) >= 11 is 1.64. The number of amides is 1. The number of benzene rings is 1. The highest BCUT2D eigenvalue weighted by atomic mass is 32.1. The van der Waals surface area contributed by atoms with Crippen LogP contribution in [0.4, 0.5) is 0 Å². The Hall–Kier alpha value is -1.76. The van der Waals surface area contributed by atoms with Gasteiger partial charge in [-0.15, -0.1) is 11.3 Å². The summed E-state index contributed by atoms with van der Waals surface area (Å²) in [6.07, 6.45) is 0.710. The summed E-state index contributed by atoms with van der Waals surface area (Å²) in [5.74, 6) is 0.0685. The maximum absolute atomic E-state index is 12.2. The van der Waals surface area contributed by atoms with Crippen molar-refractivity contribution in [2.75, 3.05) is 13.1 Å². The van der Waals surface area contributed by atoms with Crippen molar-refractivity contribution in [1.29, 1.82) is 0 Å². The van der Waals surface area contributed by atoms with E-state index >= 15 is 0 Å². The first-order chi connectivity index (χ1) is 11.2. The molecule has 122 valence electrons. The van der Waals surface area contributed by atoms with E-state index in [4.69, 9.17) is 10.7 Å². The van der Waals surface area contributed by atoms with Crippen LogP contribution in [0.25, 0.3) is 10.6 Å². The molecule has 0 radical (unpaired) electrons. The van der Waals surface area contributed by atoms with Crippen LogP contribution in [0.3, 0.4) is 0 Å². The average Bonchev–Trinajstić information content (AvgIpc) is 3.16. The van der Waals surface area contributed by atoms with Gasteiger partial charge in [-0.2, -0.15) is 0 Å². The standard InChI is InChI=1S/C17H22N4OS/c1-2-19-16(22)15-8-13(18)9-21(15)10-14-11-23-17(20-14)12-6-4-3-5-7-12/h3-7,11,13,15H,2,8-10,18H2,1H3,(H,19,22)/t13-,15-/m0/s1. The predicted octanol–water partition coefficient (Wildman–Crippen LogP) is 1.85. The van der Waals surface area contributed by atoms with Crippen molar-refractivity contribution in [3.05, 3.63) is 41.4 Å². The number of carbonyl (C=O) groups excluding carboxylic acids is 1. The molecule has 23 heavy (non-hydrogen) atoms. The molecule has 2 atom stereocenters. The topological polar surface area (TPSA) is 71.2 Å². The van der Waals surface area contributed by atoms with Gasteiger partial charge in [0.2, 0.25) is 5.91 Å². The third-order valence-corrected chi connectivity index (χ3v) is 4.97. The van der Waals surface area contributed by atoms with Crippen molar-refractivity contribution < 1.29 is 4.79 Å². The van der Waals surface area contributed by atoms with Gasteiger partial charge in [0.15, 0.2) is 0 Å². The van der Waals surface area contributed by atoms with Gasteiger partial charge in [-0.3, -0.25) is 9.69 Å². The lowest BCUT2D eigenvalue weighted by molar-refractivity contribution is -0.125. The van der Waals surface area contributed by atoms with Crippen molar-refractivity contribution in [2.45, 2.75) is 32.0 Å². The van der Waals surface area contributed by atoms with Gasteiger partial charge in [0.05, 0.1) is 11.7 Å². The molecule has 1 aliphatic heterocycles. The first-order valence-corrected chi connectivity index (χ1v) is 8.82. The number of likely N-dealkylation sites (N-methyl/N-ethyl adjacent to an activating group) is 1. The summed E-state index contributed by atoms with van der Waals surface area (Å²) in [5, 5.41) is 5.98. The molecule has 1 saturated heterocycles. The van der Waals surface area contributed by atoms with E-state index in [2.05, 4.69) is 27.7 Å². The largest absolute Gasteiger partial charge is 0.355 e. The molecule has 0 saturated carbocycles. The highest BCUT2D eigenvalue weighted by Gasteiger charge is 2.35. The molecule has 3 N–H and O–H groups in total. The summed E-state index contributed by atoms with van der Waals surface area (Å²) in [6.45, 7) is 3.98. The molecular formula is C17H22N4OS. The number of hydrogen-bond acceptors (Lipinski definition) is 5. The predicted molar refractivity (Wildman–Crippen MR) is 93.0 cm³/mol. The Balaban J connectivity index is 1.71. The van der Waals surface area contributed by atoms with Gasteiger partial charge >= 0.3 is 0 Å². The van der Waals surface area contributed by atoms with Gasteiger partial charge in [0.25, 0.3) is 0 Å². The Labute approximate surface area is 140 Å². The van der Waals surface area contributed by atoms with E-state index < -0.39 is 0 Å². The molecule has 0 unspecified atom stereocenters. The van der Waals surface area contributed by atoms with Gasteiger partial charge in [-0.05, 0) is 13.3 Å². The van der Waals surface area contributed by atoms with Crippen LogP contribution in [-0.4, -0.2) is 41.0 Å². The monoisotopic (exact) mass is 330 g/mol.